The van der Waals surface area contributed by atoms with Gasteiger partial charge in [-0.3, -0.25) is 0 Å². The Morgan fingerprint density at radius 2 is 1.69 bits per heavy atom. The lowest BCUT2D eigenvalue weighted by Gasteiger charge is -2.29. The second kappa shape index (κ2) is 17.9. The molecule has 0 amide bonds. The zero-order valence-corrected chi connectivity index (χ0v) is 21.7. The Kier molecular flexibility index (Phi) is 17.0. The van der Waals surface area contributed by atoms with E-state index in [1.54, 1.807) is 19.9 Å². The first-order valence-corrected chi connectivity index (χ1v) is 12.3. The molecule has 186 valence electrons. The van der Waals surface area contributed by atoms with Gasteiger partial charge in [-0.05, 0) is 56.8 Å². The molecule has 0 radical (unpaired) electrons. The van der Waals surface area contributed by atoms with Gasteiger partial charge in [0.05, 0.1) is 32.2 Å². The van der Waals surface area contributed by atoms with Crippen molar-refractivity contribution >= 4 is 0 Å². The molecule has 2 atom stereocenters. The van der Waals surface area contributed by atoms with E-state index in [1.165, 1.54) is 26.9 Å². The van der Waals surface area contributed by atoms with E-state index in [4.69, 9.17) is 14.2 Å². The first kappa shape index (κ1) is 30.4. The Morgan fingerprint density at radius 1 is 1.00 bits per heavy atom. The minimum absolute atomic E-state index is 0.0639. The topological polar surface area (TPSA) is 27.7 Å². The van der Waals surface area contributed by atoms with Gasteiger partial charge in [0.15, 0.2) is 11.7 Å². The molecule has 2 unspecified atom stereocenters. The van der Waals surface area contributed by atoms with Crippen LogP contribution in [0.25, 0.3) is 0 Å². The zero-order chi connectivity index (χ0) is 24.5. The van der Waals surface area contributed by atoms with Crippen LogP contribution in [0.5, 0.6) is 0 Å². The third-order valence-corrected chi connectivity index (χ3v) is 5.62. The van der Waals surface area contributed by atoms with E-state index in [0.717, 1.165) is 38.0 Å². The standard InChI is InChI=1S/C25H40F2O3.C2H6/c1-7-10-11-22-15-13-20(17-30-22)16-29-21(8-2)14-12-18(4)23(9-3)25(27)24(26)19(5)28-6;1-2/h12,14,20,22H,7-11,13,15-17H2,1-6H3;1-2H3/b18-12+,21-14+,24-19-,25-23-;. The van der Waals surface area contributed by atoms with Gasteiger partial charge in [-0.1, -0.05) is 53.5 Å². The van der Waals surface area contributed by atoms with Crippen molar-refractivity contribution in [2.24, 2.45) is 5.92 Å². The molecule has 0 aromatic carbocycles. The number of methoxy groups -OCH3 is 1. The molecular weight excluding hydrogens is 410 g/mol. The second-order valence-corrected chi connectivity index (χ2v) is 7.91. The summed E-state index contributed by atoms with van der Waals surface area (Å²) in [6, 6.07) is 0. The number of allylic oxidation sites excluding steroid dienone is 8. The lowest BCUT2D eigenvalue weighted by Crippen LogP contribution is -2.28. The fourth-order valence-corrected chi connectivity index (χ4v) is 3.45. The first-order valence-electron chi connectivity index (χ1n) is 12.3. The van der Waals surface area contributed by atoms with Crippen LogP contribution in [-0.4, -0.2) is 26.4 Å². The summed E-state index contributed by atoms with van der Waals surface area (Å²) in [5, 5.41) is 0. The lowest BCUT2D eigenvalue weighted by molar-refractivity contribution is -0.0383. The van der Waals surface area contributed by atoms with Crippen molar-refractivity contribution in [2.75, 3.05) is 20.3 Å². The maximum absolute atomic E-state index is 14.5. The Balaban J connectivity index is 0.00000466. The van der Waals surface area contributed by atoms with Crippen molar-refractivity contribution < 1.29 is 23.0 Å². The maximum atomic E-state index is 14.5. The monoisotopic (exact) mass is 456 g/mol. The summed E-state index contributed by atoms with van der Waals surface area (Å²) in [4.78, 5) is 0. The molecule has 5 heteroatoms. The van der Waals surface area contributed by atoms with E-state index in [0.29, 0.717) is 36.2 Å². The van der Waals surface area contributed by atoms with Crippen molar-refractivity contribution in [1.82, 2.24) is 0 Å². The van der Waals surface area contributed by atoms with Crippen LogP contribution in [0.15, 0.2) is 46.5 Å². The van der Waals surface area contributed by atoms with Gasteiger partial charge in [-0.15, -0.1) is 0 Å². The largest absolute Gasteiger partial charge is 0.498 e. The predicted molar refractivity (Wildman–Crippen MR) is 131 cm³/mol. The second-order valence-electron chi connectivity index (χ2n) is 7.91. The molecule has 1 rings (SSSR count). The number of hydrogen-bond donors (Lipinski definition) is 0. The Morgan fingerprint density at radius 3 is 2.19 bits per heavy atom. The molecule has 0 bridgehead atoms. The minimum Gasteiger partial charge on any atom is -0.498 e. The highest BCUT2D eigenvalue weighted by atomic mass is 19.2. The van der Waals surface area contributed by atoms with E-state index in [-0.39, 0.29) is 5.76 Å². The predicted octanol–water partition coefficient (Wildman–Crippen LogP) is 8.74. The van der Waals surface area contributed by atoms with Crippen LogP contribution in [0, 0.1) is 5.92 Å². The van der Waals surface area contributed by atoms with Crippen molar-refractivity contribution in [2.45, 2.75) is 99.5 Å². The molecule has 0 aromatic rings. The molecule has 1 heterocycles. The quantitative estimate of drug-likeness (QED) is 0.217. The highest BCUT2D eigenvalue weighted by Crippen LogP contribution is 2.28. The highest BCUT2D eigenvalue weighted by molar-refractivity contribution is 5.40. The SMILES string of the molecule is CC.CCCCC1CCC(CO/C(=C/C=C(C)/C(CC)=C(F)/C(F)=C(\C)OC)CC)CO1. The summed E-state index contributed by atoms with van der Waals surface area (Å²) in [6.07, 6.45) is 11.0. The van der Waals surface area contributed by atoms with Gasteiger partial charge >= 0.3 is 0 Å². The molecule has 1 fully saturated rings. The van der Waals surface area contributed by atoms with Crippen LogP contribution in [0.3, 0.4) is 0 Å². The maximum Gasteiger partial charge on any atom is 0.196 e. The molecule has 3 nitrogen and oxygen atoms in total. The van der Waals surface area contributed by atoms with Gasteiger partial charge in [0, 0.05) is 12.3 Å². The molecule has 1 aliphatic rings. The summed E-state index contributed by atoms with van der Waals surface area (Å²) in [6.45, 7) is 14.6. The molecule has 0 spiro atoms. The van der Waals surface area contributed by atoms with E-state index in [2.05, 4.69) is 6.92 Å². The summed E-state index contributed by atoms with van der Waals surface area (Å²) < 4.78 is 45.4. The fraction of sp³-hybridized carbons (Fsp3) is 0.704. The van der Waals surface area contributed by atoms with Crippen LogP contribution in [0.2, 0.25) is 0 Å². The van der Waals surface area contributed by atoms with E-state index >= 15 is 0 Å². The molecule has 0 N–H and O–H groups in total. The van der Waals surface area contributed by atoms with Gasteiger partial charge in [0.25, 0.3) is 0 Å². The van der Waals surface area contributed by atoms with Crippen LogP contribution in [0.4, 0.5) is 8.78 Å². The van der Waals surface area contributed by atoms with Crippen molar-refractivity contribution in [1.29, 1.82) is 0 Å². The van der Waals surface area contributed by atoms with E-state index in [9.17, 15) is 8.78 Å². The normalized spacial score (nSPS) is 21.2. The number of unbranched alkanes of at least 4 members (excludes halogenated alkanes) is 1. The van der Waals surface area contributed by atoms with Gasteiger partial charge in [0.2, 0.25) is 0 Å². The first-order chi connectivity index (χ1) is 15.4. The average Bonchev–Trinajstić information content (AvgIpc) is 2.84. The van der Waals surface area contributed by atoms with Gasteiger partial charge in [-0.2, -0.15) is 0 Å². The van der Waals surface area contributed by atoms with Crippen LogP contribution < -0.4 is 0 Å². The van der Waals surface area contributed by atoms with E-state index < -0.39 is 11.7 Å². The summed E-state index contributed by atoms with van der Waals surface area (Å²) in [7, 11) is 1.33. The molecule has 0 aromatic heterocycles. The lowest BCUT2D eigenvalue weighted by atomic mass is 9.96. The summed E-state index contributed by atoms with van der Waals surface area (Å²) in [5.74, 6) is -0.640. The molecule has 32 heavy (non-hydrogen) atoms. The number of ether oxygens (including phenoxy) is 3. The Hall–Kier alpha value is -1.62. The average molecular weight is 457 g/mol. The van der Waals surface area contributed by atoms with Crippen molar-refractivity contribution in [3.05, 3.63) is 46.5 Å². The third kappa shape index (κ3) is 10.8. The Labute approximate surface area is 195 Å². The number of halogens is 2. The van der Waals surface area contributed by atoms with E-state index in [1.807, 2.05) is 26.8 Å². The molecule has 1 aliphatic heterocycles. The molecule has 1 saturated heterocycles. The fourth-order valence-electron chi connectivity index (χ4n) is 3.45. The minimum atomic E-state index is -0.951. The molecule has 0 aliphatic carbocycles. The molecular formula is C27H46F2O3. The summed E-state index contributed by atoms with van der Waals surface area (Å²) in [5.41, 5.74) is 0.998. The van der Waals surface area contributed by atoms with Gasteiger partial charge in [-0.25, -0.2) is 8.78 Å². The van der Waals surface area contributed by atoms with Crippen LogP contribution in [-0.2, 0) is 14.2 Å². The zero-order valence-electron chi connectivity index (χ0n) is 21.7. The van der Waals surface area contributed by atoms with Gasteiger partial charge < -0.3 is 14.2 Å². The highest BCUT2D eigenvalue weighted by Gasteiger charge is 2.22. The van der Waals surface area contributed by atoms with Crippen LogP contribution >= 0.6 is 0 Å². The van der Waals surface area contributed by atoms with Crippen molar-refractivity contribution in [3.8, 4) is 0 Å². The van der Waals surface area contributed by atoms with Crippen LogP contribution in [0.1, 0.15) is 93.4 Å². The third-order valence-electron chi connectivity index (χ3n) is 5.62. The van der Waals surface area contributed by atoms with Crippen molar-refractivity contribution in [3.63, 3.8) is 0 Å². The molecule has 0 saturated carbocycles. The number of hydrogen-bond acceptors (Lipinski definition) is 3. The Bertz CT molecular complexity index is 639. The van der Waals surface area contributed by atoms with Gasteiger partial charge in [0.1, 0.15) is 5.76 Å². The smallest absolute Gasteiger partial charge is 0.196 e. The summed E-state index contributed by atoms with van der Waals surface area (Å²) >= 11 is 0. The number of rotatable bonds is 12.